The number of nitrogens with zero attached hydrogens (tertiary/aromatic N) is 1. The van der Waals surface area contributed by atoms with Crippen molar-refractivity contribution >= 4 is 11.6 Å². The lowest BCUT2D eigenvalue weighted by atomic mass is 9.97. The van der Waals surface area contributed by atoms with Gasteiger partial charge in [-0.3, -0.25) is 4.79 Å². The molecule has 1 aromatic rings. The van der Waals surface area contributed by atoms with Crippen molar-refractivity contribution in [3.05, 3.63) is 29.3 Å². The Hall–Kier alpha value is -2.07. The number of hydrogen-bond donors (Lipinski definition) is 2. The van der Waals surface area contributed by atoms with Gasteiger partial charge in [0.1, 0.15) is 6.07 Å². The van der Waals surface area contributed by atoms with E-state index >= 15 is 0 Å². The van der Waals surface area contributed by atoms with E-state index in [-0.39, 0.29) is 23.1 Å². The molecule has 1 aromatic carbocycles. The molecule has 0 atom stereocenters. The third-order valence-corrected chi connectivity index (χ3v) is 3.44. The van der Waals surface area contributed by atoms with Gasteiger partial charge in [0.2, 0.25) is 5.91 Å². The lowest BCUT2D eigenvalue weighted by Crippen LogP contribution is -2.34. The standard InChI is InChI=1S/C14H14F3N3O/c15-14(16,17)11-1-2-12(10(7-11)8-18)20-13(21)9-3-5-19-6-4-9/h1-2,7,9,19H,3-6H2,(H,20,21). The summed E-state index contributed by atoms with van der Waals surface area (Å²) in [5.74, 6) is -0.437. The molecule has 1 aliphatic heterocycles. The van der Waals surface area contributed by atoms with Crippen molar-refractivity contribution in [2.24, 2.45) is 5.92 Å². The van der Waals surface area contributed by atoms with Crippen molar-refractivity contribution < 1.29 is 18.0 Å². The van der Waals surface area contributed by atoms with Crippen LogP contribution in [-0.4, -0.2) is 19.0 Å². The first-order valence-electron chi connectivity index (χ1n) is 6.54. The van der Waals surface area contributed by atoms with Crippen molar-refractivity contribution in [2.75, 3.05) is 18.4 Å². The smallest absolute Gasteiger partial charge is 0.325 e. The molecule has 1 heterocycles. The number of piperidine rings is 1. The van der Waals surface area contributed by atoms with Gasteiger partial charge in [0, 0.05) is 5.92 Å². The van der Waals surface area contributed by atoms with E-state index in [4.69, 9.17) is 5.26 Å². The molecule has 0 unspecified atom stereocenters. The highest BCUT2D eigenvalue weighted by Gasteiger charge is 2.31. The lowest BCUT2D eigenvalue weighted by molar-refractivity contribution is -0.137. The number of hydrogen-bond acceptors (Lipinski definition) is 3. The summed E-state index contributed by atoms with van der Waals surface area (Å²) < 4.78 is 37.8. The summed E-state index contributed by atoms with van der Waals surface area (Å²) in [5, 5.41) is 14.6. The Bertz CT molecular complexity index is 572. The first-order valence-corrected chi connectivity index (χ1v) is 6.54. The maximum absolute atomic E-state index is 12.6. The Morgan fingerprint density at radius 1 is 1.33 bits per heavy atom. The molecule has 2 rings (SSSR count). The number of carbonyl (C=O) groups is 1. The molecule has 2 N–H and O–H groups in total. The third-order valence-electron chi connectivity index (χ3n) is 3.44. The zero-order valence-corrected chi connectivity index (χ0v) is 11.1. The number of amides is 1. The number of benzene rings is 1. The van der Waals surface area contributed by atoms with Gasteiger partial charge in [0.25, 0.3) is 0 Å². The second-order valence-electron chi connectivity index (χ2n) is 4.88. The summed E-state index contributed by atoms with van der Waals surface area (Å²) in [6.07, 6.45) is -3.16. The van der Waals surface area contributed by atoms with Crippen LogP contribution in [-0.2, 0) is 11.0 Å². The maximum Gasteiger partial charge on any atom is 0.416 e. The number of nitriles is 1. The fraction of sp³-hybridized carbons (Fsp3) is 0.429. The Morgan fingerprint density at radius 3 is 2.57 bits per heavy atom. The van der Waals surface area contributed by atoms with Crippen LogP contribution in [0, 0.1) is 17.2 Å². The molecule has 1 aliphatic rings. The zero-order chi connectivity index (χ0) is 15.5. The molecule has 1 saturated heterocycles. The highest BCUT2D eigenvalue weighted by Crippen LogP contribution is 2.31. The Labute approximate surface area is 119 Å². The van der Waals surface area contributed by atoms with Crippen LogP contribution in [0.25, 0.3) is 0 Å². The van der Waals surface area contributed by atoms with E-state index in [1.165, 1.54) is 0 Å². The molecule has 112 valence electrons. The van der Waals surface area contributed by atoms with Gasteiger partial charge in [-0.2, -0.15) is 18.4 Å². The van der Waals surface area contributed by atoms with E-state index in [0.717, 1.165) is 31.3 Å². The van der Waals surface area contributed by atoms with Gasteiger partial charge < -0.3 is 10.6 Å². The monoisotopic (exact) mass is 297 g/mol. The number of halogens is 3. The molecule has 21 heavy (non-hydrogen) atoms. The van der Waals surface area contributed by atoms with Crippen LogP contribution in [0.5, 0.6) is 0 Å². The lowest BCUT2D eigenvalue weighted by Gasteiger charge is -2.22. The average Bonchev–Trinajstić information content (AvgIpc) is 2.47. The fourth-order valence-electron chi connectivity index (χ4n) is 2.24. The van der Waals surface area contributed by atoms with E-state index in [0.29, 0.717) is 12.8 Å². The van der Waals surface area contributed by atoms with Crippen LogP contribution in [0.4, 0.5) is 18.9 Å². The maximum atomic E-state index is 12.6. The van der Waals surface area contributed by atoms with E-state index in [2.05, 4.69) is 10.6 Å². The predicted molar refractivity (Wildman–Crippen MR) is 70.4 cm³/mol. The van der Waals surface area contributed by atoms with Crippen molar-refractivity contribution in [2.45, 2.75) is 19.0 Å². The summed E-state index contributed by atoms with van der Waals surface area (Å²) >= 11 is 0. The van der Waals surface area contributed by atoms with Crippen LogP contribution >= 0.6 is 0 Å². The van der Waals surface area contributed by atoms with Gasteiger partial charge in [-0.1, -0.05) is 0 Å². The van der Waals surface area contributed by atoms with E-state index in [1.807, 2.05) is 0 Å². The molecule has 1 amide bonds. The predicted octanol–water partition coefficient (Wildman–Crippen LogP) is 2.52. The van der Waals surface area contributed by atoms with Crippen LogP contribution in [0.2, 0.25) is 0 Å². The van der Waals surface area contributed by atoms with Crippen LogP contribution in [0.15, 0.2) is 18.2 Å². The van der Waals surface area contributed by atoms with Crippen LogP contribution in [0.3, 0.4) is 0 Å². The minimum absolute atomic E-state index is 0.119. The summed E-state index contributed by atoms with van der Waals surface area (Å²) in [5.41, 5.74) is -0.972. The SMILES string of the molecule is N#Cc1cc(C(F)(F)F)ccc1NC(=O)C1CCNCC1. The molecule has 0 saturated carbocycles. The van der Waals surface area contributed by atoms with Gasteiger partial charge in [-0.25, -0.2) is 0 Å². The third kappa shape index (κ3) is 3.73. The molecular formula is C14H14F3N3O. The second kappa shape index (κ2) is 6.14. The number of carbonyl (C=O) groups excluding carboxylic acids is 1. The summed E-state index contributed by atoms with van der Waals surface area (Å²) in [6, 6.07) is 4.42. The van der Waals surface area contributed by atoms with Crippen molar-refractivity contribution in [1.82, 2.24) is 5.32 Å². The van der Waals surface area contributed by atoms with Crippen molar-refractivity contribution in [1.29, 1.82) is 5.26 Å². The molecule has 0 aromatic heterocycles. The Balaban J connectivity index is 2.16. The number of rotatable bonds is 2. The highest BCUT2D eigenvalue weighted by atomic mass is 19.4. The number of anilines is 1. The Kier molecular flexibility index (Phi) is 4.48. The molecule has 0 aliphatic carbocycles. The minimum Gasteiger partial charge on any atom is -0.325 e. The summed E-state index contributed by atoms with van der Waals surface area (Å²) in [6.45, 7) is 1.46. The number of nitrogens with one attached hydrogen (secondary N) is 2. The molecule has 0 radical (unpaired) electrons. The molecule has 1 fully saturated rings. The fourth-order valence-corrected chi connectivity index (χ4v) is 2.24. The normalized spacial score (nSPS) is 16.3. The minimum atomic E-state index is -4.51. The molecule has 4 nitrogen and oxygen atoms in total. The largest absolute Gasteiger partial charge is 0.416 e. The summed E-state index contributed by atoms with van der Waals surface area (Å²) in [7, 11) is 0. The van der Waals surface area contributed by atoms with Crippen LogP contribution < -0.4 is 10.6 Å². The van der Waals surface area contributed by atoms with E-state index in [9.17, 15) is 18.0 Å². The first kappa shape index (κ1) is 15.3. The Morgan fingerprint density at radius 2 is 2.00 bits per heavy atom. The molecular weight excluding hydrogens is 283 g/mol. The molecule has 7 heteroatoms. The van der Waals surface area contributed by atoms with Gasteiger partial charge >= 0.3 is 6.18 Å². The first-order chi connectivity index (χ1) is 9.91. The molecule has 0 spiro atoms. The average molecular weight is 297 g/mol. The number of alkyl halides is 3. The van der Waals surface area contributed by atoms with Gasteiger partial charge in [0.15, 0.2) is 0 Å². The van der Waals surface area contributed by atoms with E-state index in [1.54, 1.807) is 6.07 Å². The summed E-state index contributed by atoms with van der Waals surface area (Å²) in [4.78, 5) is 12.0. The van der Waals surface area contributed by atoms with E-state index < -0.39 is 11.7 Å². The van der Waals surface area contributed by atoms with Crippen molar-refractivity contribution in [3.63, 3.8) is 0 Å². The van der Waals surface area contributed by atoms with Gasteiger partial charge in [-0.05, 0) is 44.1 Å². The zero-order valence-electron chi connectivity index (χ0n) is 11.1. The highest BCUT2D eigenvalue weighted by molar-refractivity contribution is 5.93. The molecule has 0 bridgehead atoms. The van der Waals surface area contributed by atoms with Crippen molar-refractivity contribution in [3.8, 4) is 6.07 Å². The van der Waals surface area contributed by atoms with Crippen LogP contribution in [0.1, 0.15) is 24.0 Å². The van der Waals surface area contributed by atoms with Gasteiger partial charge in [0.05, 0.1) is 16.8 Å². The second-order valence-corrected chi connectivity index (χ2v) is 4.88. The van der Waals surface area contributed by atoms with Gasteiger partial charge in [-0.15, -0.1) is 0 Å². The quantitative estimate of drug-likeness (QED) is 0.881. The topological polar surface area (TPSA) is 64.9 Å².